The predicted octanol–water partition coefficient (Wildman–Crippen LogP) is 3.98. The fourth-order valence-electron chi connectivity index (χ4n) is 5.10. The summed E-state index contributed by atoms with van der Waals surface area (Å²) in [5.41, 5.74) is 4.53. The maximum atomic E-state index is 13.5. The Balaban J connectivity index is 1.27. The summed E-state index contributed by atoms with van der Waals surface area (Å²) in [7, 11) is 0.849. The van der Waals surface area contributed by atoms with Gasteiger partial charge in [0.25, 0.3) is 0 Å². The van der Waals surface area contributed by atoms with E-state index >= 15 is 0 Å². The summed E-state index contributed by atoms with van der Waals surface area (Å²) in [6, 6.07) is 18.4. The second-order valence-corrected chi connectivity index (χ2v) is 11.3. The second kappa shape index (κ2) is 11.2. The summed E-state index contributed by atoms with van der Waals surface area (Å²) in [5.74, 6) is 0.907. The van der Waals surface area contributed by atoms with Gasteiger partial charge >= 0.3 is 0 Å². The predicted molar refractivity (Wildman–Crippen MR) is 150 cm³/mol. The van der Waals surface area contributed by atoms with Gasteiger partial charge in [0.2, 0.25) is 11.1 Å². The molecule has 0 spiro atoms. The normalized spacial score (nSPS) is 18.1. The third-order valence-corrected chi connectivity index (χ3v) is 8.58. The SMILES string of the molecule is CN1CCN(c2ccc(Nc3ncc4nc(S(=O)Cc5ccccc5)n(C5CCOCC5)c4n3)cc2)CC1. The van der Waals surface area contributed by atoms with Gasteiger partial charge in [-0.25, -0.2) is 9.97 Å². The number of anilines is 3. The van der Waals surface area contributed by atoms with E-state index in [1.54, 1.807) is 6.20 Å². The Bertz CT molecular complexity index is 1400. The molecule has 198 valence electrons. The summed E-state index contributed by atoms with van der Waals surface area (Å²) in [6.45, 7) is 5.57. The van der Waals surface area contributed by atoms with Crippen LogP contribution < -0.4 is 10.2 Å². The Hall–Kier alpha value is -3.34. The van der Waals surface area contributed by atoms with Crippen molar-refractivity contribution in [3.8, 4) is 0 Å². The van der Waals surface area contributed by atoms with E-state index in [9.17, 15) is 4.21 Å². The van der Waals surface area contributed by atoms with Gasteiger partial charge in [-0.1, -0.05) is 30.3 Å². The number of fused-ring (bicyclic) bond motifs is 1. The van der Waals surface area contributed by atoms with E-state index in [1.165, 1.54) is 5.69 Å². The molecule has 1 atom stereocenters. The molecular formula is C28H33N7O2S. The van der Waals surface area contributed by atoms with Crippen LogP contribution in [0.3, 0.4) is 0 Å². The van der Waals surface area contributed by atoms with Gasteiger partial charge in [0.05, 0.1) is 22.7 Å². The number of ether oxygens (including phenoxy) is 1. The Kier molecular flexibility index (Phi) is 7.35. The second-order valence-electron chi connectivity index (χ2n) is 9.95. The molecule has 2 fully saturated rings. The fraction of sp³-hybridized carbons (Fsp3) is 0.393. The van der Waals surface area contributed by atoms with Crippen LogP contribution in [0.25, 0.3) is 11.2 Å². The molecular weight excluding hydrogens is 498 g/mol. The molecule has 2 aliphatic heterocycles. The number of hydrogen-bond acceptors (Lipinski definition) is 8. The largest absolute Gasteiger partial charge is 0.381 e. The number of nitrogens with one attached hydrogen (secondary N) is 1. The number of likely N-dealkylation sites (N-methyl/N-ethyl adjacent to an activating group) is 1. The minimum absolute atomic E-state index is 0.133. The van der Waals surface area contributed by atoms with E-state index in [0.717, 1.165) is 50.3 Å². The van der Waals surface area contributed by atoms with E-state index in [1.807, 2.05) is 30.3 Å². The molecule has 9 nitrogen and oxygen atoms in total. The van der Waals surface area contributed by atoms with Crippen molar-refractivity contribution in [3.63, 3.8) is 0 Å². The Morgan fingerprint density at radius 1 is 0.974 bits per heavy atom. The number of hydrogen-bond donors (Lipinski definition) is 1. The maximum absolute atomic E-state index is 13.5. The van der Waals surface area contributed by atoms with Crippen molar-refractivity contribution in [1.82, 2.24) is 24.4 Å². The lowest BCUT2D eigenvalue weighted by Crippen LogP contribution is -2.44. The molecule has 2 aliphatic rings. The van der Waals surface area contributed by atoms with Crippen molar-refractivity contribution in [2.75, 3.05) is 56.7 Å². The monoisotopic (exact) mass is 531 g/mol. The van der Waals surface area contributed by atoms with E-state index < -0.39 is 10.8 Å². The first-order valence-corrected chi connectivity index (χ1v) is 14.5. The minimum Gasteiger partial charge on any atom is -0.381 e. The van der Waals surface area contributed by atoms with Crippen molar-refractivity contribution < 1.29 is 8.95 Å². The lowest BCUT2D eigenvalue weighted by Gasteiger charge is -2.34. The van der Waals surface area contributed by atoms with Crippen LogP contribution in [-0.2, 0) is 21.3 Å². The molecule has 10 heteroatoms. The van der Waals surface area contributed by atoms with Crippen molar-refractivity contribution >= 4 is 39.3 Å². The highest BCUT2D eigenvalue weighted by molar-refractivity contribution is 7.84. The quantitative estimate of drug-likeness (QED) is 0.383. The molecule has 2 aromatic heterocycles. The van der Waals surface area contributed by atoms with Crippen LogP contribution >= 0.6 is 0 Å². The number of benzene rings is 2. The lowest BCUT2D eigenvalue weighted by molar-refractivity contribution is 0.0682. The Labute approximate surface area is 225 Å². The van der Waals surface area contributed by atoms with Gasteiger partial charge in [-0.3, -0.25) is 8.78 Å². The van der Waals surface area contributed by atoms with Crippen LogP contribution in [0, 0.1) is 0 Å². The van der Waals surface area contributed by atoms with Crippen LogP contribution in [0.1, 0.15) is 24.4 Å². The first kappa shape index (κ1) is 25.0. The van der Waals surface area contributed by atoms with E-state index in [0.29, 0.717) is 41.2 Å². The van der Waals surface area contributed by atoms with Crippen molar-refractivity contribution in [3.05, 3.63) is 66.4 Å². The van der Waals surface area contributed by atoms with Crippen LogP contribution in [-0.4, -0.2) is 75.1 Å². The van der Waals surface area contributed by atoms with Gasteiger partial charge in [-0.15, -0.1) is 0 Å². The topological polar surface area (TPSA) is 88.4 Å². The molecule has 0 radical (unpaired) electrons. The number of rotatable bonds is 7. The average Bonchev–Trinajstić information content (AvgIpc) is 3.34. The van der Waals surface area contributed by atoms with Crippen LogP contribution in [0.4, 0.5) is 17.3 Å². The molecule has 1 unspecified atom stereocenters. The van der Waals surface area contributed by atoms with Crippen LogP contribution in [0.2, 0.25) is 0 Å². The zero-order valence-corrected chi connectivity index (χ0v) is 22.4. The van der Waals surface area contributed by atoms with Gasteiger partial charge in [0.15, 0.2) is 5.65 Å². The molecule has 6 rings (SSSR count). The fourth-order valence-corrected chi connectivity index (χ4v) is 6.38. The van der Waals surface area contributed by atoms with E-state index in [2.05, 4.69) is 56.0 Å². The number of imidazole rings is 1. The maximum Gasteiger partial charge on any atom is 0.229 e. The molecule has 4 aromatic rings. The summed E-state index contributed by atoms with van der Waals surface area (Å²) >= 11 is 0. The zero-order valence-electron chi connectivity index (χ0n) is 21.6. The van der Waals surface area contributed by atoms with E-state index in [4.69, 9.17) is 14.7 Å². The molecule has 0 aliphatic carbocycles. The number of aromatic nitrogens is 4. The lowest BCUT2D eigenvalue weighted by atomic mass is 10.1. The van der Waals surface area contributed by atoms with Gasteiger partial charge in [-0.05, 0) is 49.7 Å². The summed E-state index contributed by atoms with van der Waals surface area (Å²) < 4.78 is 21.2. The zero-order chi connectivity index (χ0) is 25.9. The first-order valence-electron chi connectivity index (χ1n) is 13.2. The highest BCUT2D eigenvalue weighted by Gasteiger charge is 2.26. The van der Waals surface area contributed by atoms with Crippen LogP contribution in [0.15, 0.2) is 66.0 Å². The molecule has 2 saturated heterocycles. The van der Waals surface area contributed by atoms with Gasteiger partial charge < -0.3 is 19.9 Å². The summed E-state index contributed by atoms with van der Waals surface area (Å²) in [5, 5.41) is 3.91. The van der Waals surface area contributed by atoms with Gasteiger partial charge in [0, 0.05) is 56.8 Å². The molecule has 1 N–H and O–H groups in total. The molecule has 0 bridgehead atoms. The molecule has 0 saturated carbocycles. The average molecular weight is 532 g/mol. The number of nitrogens with zero attached hydrogens (tertiary/aromatic N) is 6. The van der Waals surface area contributed by atoms with Gasteiger partial charge in [-0.2, -0.15) is 4.98 Å². The highest BCUT2D eigenvalue weighted by Crippen LogP contribution is 2.30. The third-order valence-electron chi connectivity index (χ3n) is 7.29. The molecule has 38 heavy (non-hydrogen) atoms. The summed E-state index contributed by atoms with van der Waals surface area (Å²) in [4.78, 5) is 18.9. The van der Waals surface area contributed by atoms with Crippen molar-refractivity contribution in [1.29, 1.82) is 0 Å². The number of piperazine rings is 1. The van der Waals surface area contributed by atoms with E-state index in [-0.39, 0.29) is 6.04 Å². The molecule has 0 amide bonds. The Morgan fingerprint density at radius 2 is 1.71 bits per heavy atom. The van der Waals surface area contributed by atoms with Crippen LogP contribution in [0.5, 0.6) is 0 Å². The highest BCUT2D eigenvalue weighted by atomic mass is 32.2. The smallest absolute Gasteiger partial charge is 0.229 e. The first-order chi connectivity index (χ1) is 18.6. The van der Waals surface area contributed by atoms with Gasteiger partial charge in [0.1, 0.15) is 5.52 Å². The third kappa shape index (κ3) is 5.43. The molecule has 4 heterocycles. The minimum atomic E-state index is -1.32. The molecule has 2 aromatic carbocycles. The Morgan fingerprint density at radius 3 is 2.45 bits per heavy atom. The summed E-state index contributed by atoms with van der Waals surface area (Å²) in [6.07, 6.45) is 3.39. The standard InChI is InChI=1S/C28H33N7O2S/c1-33-13-15-34(16-14-33)23-9-7-22(8-10-23)30-27-29-19-25-26(32-27)35(24-11-17-37-18-12-24)28(31-25)38(36)20-21-5-3-2-4-6-21/h2-10,19,24H,11-18,20H2,1H3,(H,29,30,32). The van der Waals surface area contributed by atoms with Crippen molar-refractivity contribution in [2.24, 2.45) is 0 Å². The van der Waals surface area contributed by atoms with Crippen molar-refractivity contribution in [2.45, 2.75) is 29.8 Å².